The standard InChI is InChI=1S/C11H16N4S/c1-8(11-9(2)14-7-16-11)13-6-10-12-4-5-15(10)3/h4-5,7-8,13H,6H2,1-3H3. The third-order valence-electron chi connectivity index (χ3n) is 2.66. The number of nitrogens with one attached hydrogen (secondary N) is 1. The Hall–Kier alpha value is -1.20. The molecular weight excluding hydrogens is 220 g/mol. The van der Waals surface area contributed by atoms with Crippen molar-refractivity contribution in [3.05, 3.63) is 34.3 Å². The van der Waals surface area contributed by atoms with Gasteiger partial charge in [0.05, 0.1) is 17.7 Å². The molecule has 1 unspecified atom stereocenters. The van der Waals surface area contributed by atoms with E-state index in [2.05, 4.69) is 22.2 Å². The molecule has 0 bridgehead atoms. The second kappa shape index (κ2) is 4.76. The average Bonchev–Trinajstić information content (AvgIpc) is 2.84. The van der Waals surface area contributed by atoms with Crippen LogP contribution in [0.15, 0.2) is 17.9 Å². The van der Waals surface area contributed by atoms with Gasteiger partial charge < -0.3 is 9.88 Å². The van der Waals surface area contributed by atoms with Crippen LogP contribution in [-0.4, -0.2) is 14.5 Å². The van der Waals surface area contributed by atoms with E-state index in [1.807, 2.05) is 36.4 Å². The van der Waals surface area contributed by atoms with Crippen molar-refractivity contribution < 1.29 is 0 Å². The van der Waals surface area contributed by atoms with Gasteiger partial charge in [-0.15, -0.1) is 11.3 Å². The fourth-order valence-electron chi connectivity index (χ4n) is 1.63. The lowest BCUT2D eigenvalue weighted by Gasteiger charge is -2.12. The van der Waals surface area contributed by atoms with Crippen molar-refractivity contribution >= 4 is 11.3 Å². The number of rotatable bonds is 4. The molecule has 2 rings (SSSR count). The van der Waals surface area contributed by atoms with E-state index in [-0.39, 0.29) is 0 Å². The first kappa shape index (κ1) is 11.3. The summed E-state index contributed by atoms with van der Waals surface area (Å²) in [6.07, 6.45) is 3.78. The number of aromatic nitrogens is 3. The van der Waals surface area contributed by atoms with Gasteiger partial charge in [-0.25, -0.2) is 9.97 Å². The molecule has 2 aromatic rings. The van der Waals surface area contributed by atoms with Crippen LogP contribution >= 0.6 is 11.3 Å². The number of imidazole rings is 1. The number of hydrogen-bond acceptors (Lipinski definition) is 4. The van der Waals surface area contributed by atoms with Crippen LogP contribution in [0.1, 0.15) is 29.4 Å². The lowest BCUT2D eigenvalue weighted by molar-refractivity contribution is 0.553. The first-order valence-corrected chi connectivity index (χ1v) is 6.16. The molecule has 0 aliphatic carbocycles. The maximum absolute atomic E-state index is 4.28. The Morgan fingerprint density at radius 3 is 2.88 bits per heavy atom. The van der Waals surface area contributed by atoms with Gasteiger partial charge in [-0.05, 0) is 13.8 Å². The molecule has 2 heterocycles. The highest BCUT2D eigenvalue weighted by Crippen LogP contribution is 2.21. The van der Waals surface area contributed by atoms with Crippen molar-refractivity contribution in [2.45, 2.75) is 26.4 Å². The molecule has 16 heavy (non-hydrogen) atoms. The monoisotopic (exact) mass is 236 g/mol. The van der Waals surface area contributed by atoms with Gasteiger partial charge in [0.25, 0.3) is 0 Å². The Morgan fingerprint density at radius 2 is 2.31 bits per heavy atom. The lowest BCUT2D eigenvalue weighted by Crippen LogP contribution is -2.20. The third kappa shape index (κ3) is 2.31. The second-order valence-electron chi connectivity index (χ2n) is 3.86. The van der Waals surface area contributed by atoms with Crippen molar-refractivity contribution in [1.29, 1.82) is 0 Å². The summed E-state index contributed by atoms with van der Waals surface area (Å²) in [4.78, 5) is 9.84. The van der Waals surface area contributed by atoms with E-state index >= 15 is 0 Å². The van der Waals surface area contributed by atoms with Gasteiger partial charge in [-0.3, -0.25) is 0 Å². The van der Waals surface area contributed by atoms with E-state index in [9.17, 15) is 0 Å². The molecule has 0 amide bonds. The average molecular weight is 236 g/mol. The summed E-state index contributed by atoms with van der Waals surface area (Å²) in [6, 6.07) is 0.323. The first-order valence-electron chi connectivity index (χ1n) is 5.28. The van der Waals surface area contributed by atoms with Gasteiger partial charge in [0.2, 0.25) is 0 Å². The van der Waals surface area contributed by atoms with E-state index in [1.165, 1.54) is 4.88 Å². The molecule has 5 heteroatoms. The highest BCUT2D eigenvalue weighted by Gasteiger charge is 2.11. The zero-order valence-electron chi connectivity index (χ0n) is 9.77. The quantitative estimate of drug-likeness (QED) is 0.883. The molecule has 0 aliphatic heterocycles. The number of nitrogens with zero attached hydrogens (tertiary/aromatic N) is 3. The van der Waals surface area contributed by atoms with Crippen LogP contribution in [0.2, 0.25) is 0 Å². The summed E-state index contributed by atoms with van der Waals surface area (Å²) in [5, 5.41) is 3.46. The van der Waals surface area contributed by atoms with Gasteiger partial charge in [0, 0.05) is 30.4 Å². The Kier molecular flexibility index (Phi) is 3.36. The van der Waals surface area contributed by atoms with E-state index in [0.29, 0.717) is 6.04 Å². The highest BCUT2D eigenvalue weighted by molar-refractivity contribution is 7.09. The topological polar surface area (TPSA) is 42.7 Å². The molecule has 0 saturated carbocycles. The number of thiazole rings is 1. The van der Waals surface area contributed by atoms with Crippen LogP contribution in [0.4, 0.5) is 0 Å². The molecule has 0 aliphatic rings. The number of aryl methyl sites for hydroxylation is 2. The fourth-order valence-corrected chi connectivity index (χ4v) is 2.47. The molecule has 86 valence electrons. The van der Waals surface area contributed by atoms with Gasteiger partial charge in [-0.2, -0.15) is 0 Å². The maximum Gasteiger partial charge on any atom is 0.122 e. The fraction of sp³-hybridized carbons (Fsp3) is 0.455. The van der Waals surface area contributed by atoms with Crippen LogP contribution in [-0.2, 0) is 13.6 Å². The van der Waals surface area contributed by atoms with Gasteiger partial charge in [0.15, 0.2) is 0 Å². The second-order valence-corrected chi connectivity index (χ2v) is 4.75. The first-order chi connectivity index (χ1) is 7.68. The minimum Gasteiger partial charge on any atom is -0.337 e. The van der Waals surface area contributed by atoms with Crippen LogP contribution < -0.4 is 5.32 Å². The van der Waals surface area contributed by atoms with Crippen LogP contribution in [0.25, 0.3) is 0 Å². The molecule has 4 nitrogen and oxygen atoms in total. The summed E-state index contributed by atoms with van der Waals surface area (Å²) in [5.74, 6) is 1.05. The third-order valence-corrected chi connectivity index (χ3v) is 3.78. The molecule has 0 saturated heterocycles. The zero-order chi connectivity index (χ0) is 11.5. The minimum atomic E-state index is 0.323. The van der Waals surface area contributed by atoms with Crippen molar-refractivity contribution in [3.63, 3.8) is 0 Å². The summed E-state index contributed by atoms with van der Waals surface area (Å²) in [5.41, 5.74) is 3.01. The predicted molar refractivity (Wildman–Crippen MR) is 65.3 cm³/mol. The molecule has 0 fully saturated rings. The lowest BCUT2D eigenvalue weighted by atomic mass is 10.2. The Morgan fingerprint density at radius 1 is 1.50 bits per heavy atom. The normalized spacial score (nSPS) is 12.9. The molecule has 1 atom stereocenters. The van der Waals surface area contributed by atoms with Gasteiger partial charge in [0.1, 0.15) is 5.82 Å². The summed E-state index contributed by atoms with van der Waals surface area (Å²) < 4.78 is 2.03. The molecule has 0 spiro atoms. The molecular formula is C11H16N4S. The molecule has 0 radical (unpaired) electrons. The van der Waals surface area contributed by atoms with Crippen molar-refractivity contribution in [3.8, 4) is 0 Å². The van der Waals surface area contributed by atoms with Crippen LogP contribution in [0.5, 0.6) is 0 Å². The van der Waals surface area contributed by atoms with E-state index < -0.39 is 0 Å². The molecule has 2 aromatic heterocycles. The Balaban J connectivity index is 1.97. The van der Waals surface area contributed by atoms with E-state index in [0.717, 1.165) is 18.1 Å². The van der Waals surface area contributed by atoms with E-state index in [4.69, 9.17) is 0 Å². The Labute approximate surface area is 99.4 Å². The predicted octanol–water partition coefficient (Wildman–Crippen LogP) is 2.04. The Bertz CT molecular complexity index is 460. The van der Waals surface area contributed by atoms with Gasteiger partial charge in [-0.1, -0.05) is 0 Å². The highest BCUT2D eigenvalue weighted by atomic mass is 32.1. The molecule has 1 N–H and O–H groups in total. The summed E-state index contributed by atoms with van der Waals surface area (Å²) >= 11 is 1.70. The van der Waals surface area contributed by atoms with Crippen LogP contribution in [0, 0.1) is 6.92 Å². The zero-order valence-corrected chi connectivity index (χ0v) is 10.6. The van der Waals surface area contributed by atoms with Crippen molar-refractivity contribution in [1.82, 2.24) is 19.9 Å². The van der Waals surface area contributed by atoms with Crippen LogP contribution in [0.3, 0.4) is 0 Å². The van der Waals surface area contributed by atoms with Gasteiger partial charge >= 0.3 is 0 Å². The van der Waals surface area contributed by atoms with Crippen molar-refractivity contribution in [2.24, 2.45) is 7.05 Å². The minimum absolute atomic E-state index is 0.323. The SMILES string of the molecule is Cc1ncsc1C(C)NCc1nccn1C. The molecule has 0 aromatic carbocycles. The van der Waals surface area contributed by atoms with E-state index in [1.54, 1.807) is 11.3 Å². The smallest absolute Gasteiger partial charge is 0.122 e. The largest absolute Gasteiger partial charge is 0.337 e. The number of hydrogen-bond donors (Lipinski definition) is 1. The van der Waals surface area contributed by atoms with Crippen molar-refractivity contribution in [2.75, 3.05) is 0 Å². The maximum atomic E-state index is 4.28. The summed E-state index contributed by atoms with van der Waals surface area (Å²) in [7, 11) is 2.01. The summed E-state index contributed by atoms with van der Waals surface area (Å²) in [6.45, 7) is 4.98.